The zero-order valence-electron chi connectivity index (χ0n) is 7.00. The first-order chi connectivity index (χ1) is 5.33. The molecular formula is C8H18N2O. The molecule has 11 heavy (non-hydrogen) atoms. The van der Waals surface area contributed by atoms with Crippen molar-refractivity contribution in [1.82, 2.24) is 4.90 Å². The molecule has 3 N–H and O–H groups in total. The summed E-state index contributed by atoms with van der Waals surface area (Å²) < 4.78 is 0. The van der Waals surface area contributed by atoms with Crippen LogP contribution in [-0.2, 0) is 0 Å². The van der Waals surface area contributed by atoms with Gasteiger partial charge in [-0.1, -0.05) is 0 Å². The number of hydrogen-bond acceptors (Lipinski definition) is 3. The van der Waals surface area contributed by atoms with E-state index >= 15 is 0 Å². The SMILES string of the molecule is NC[C@@H](O)CCN1CCCC1. The summed E-state index contributed by atoms with van der Waals surface area (Å²) in [5.41, 5.74) is 5.29. The van der Waals surface area contributed by atoms with Crippen LogP contribution in [0.1, 0.15) is 19.3 Å². The fourth-order valence-corrected chi connectivity index (χ4v) is 1.46. The van der Waals surface area contributed by atoms with Crippen molar-refractivity contribution < 1.29 is 5.11 Å². The lowest BCUT2D eigenvalue weighted by Gasteiger charge is -2.16. The zero-order chi connectivity index (χ0) is 8.10. The highest BCUT2D eigenvalue weighted by molar-refractivity contribution is 4.68. The highest BCUT2D eigenvalue weighted by Crippen LogP contribution is 2.07. The second kappa shape index (κ2) is 4.70. The fourth-order valence-electron chi connectivity index (χ4n) is 1.46. The van der Waals surface area contributed by atoms with Crippen LogP contribution < -0.4 is 5.73 Å². The summed E-state index contributed by atoms with van der Waals surface area (Å²) in [5, 5.41) is 9.17. The van der Waals surface area contributed by atoms with Gasteiger partial charge in [0, 0.05) is 13.1 Å². The molecular weight excluding hydrogens is 140 g/mol. The van der Waals surface area contributed by atoms with E-state index in [2.05, 4.69) is 4.90 Å². The van der Waals surface area contributed by atoms with Gasteiger partial charge in [-0.05, 0) is 32.4 Å². The number of nitrogens with zero attached hydrogens (tertiary/aromatic N) is 1. The summed E-state index contributed by atoms with van der Waals surface area (Å²) in [5.74, 6) is 0. The third-order valence-electron chi connectivity index (χ3n) is 2.25. The van der Waals surface area contributed by atoms with Crippen molar-refractivity contribution in [3.05, 3.63) is 0 Å². The maximum absolute atomic E-state index is 9.17. The second-order valence-electron chi connectivity index (χ2n) is 3.23. The van der Waals surface area contributed by atoms with Crippen molar-refractivity contribution in [2.24, 2.45) is 5.73 Å². The Morgan fingerprint density at radius 2 is 2.00 bits per heavy atom. The first-order valence-corrected chi connectivity index (χ1v) is 4.43. The number of nitrogens with two attached hydrogens (primary N) is 1. The molecule has 1 aliphatic rings. The first kappa shape index (κ1) is 8.97. The highest BCUT2D eigenvalue weighted by Gasteiger charge is 2.12. The van der Waals surface area contributed by atoms with Gasteiger partial charge in [0.15, 0.2) is 0 Å². The van der Waals surface area contributed by atoms with Crippen LogP contribution in [0.25, 0.3) is 0 Å². The molecule has 3 nitrogen and oxygen atoms in total. The molecule has 66 valence electrons. The predicted octanol–water partition coefficient (Wildman–Crippen LogP) is -0.208. The van der Waals surface area contributed by atoms with Gasteiger partial charge in [-0.2, -0.15) is 0 Å². The monoisotopic (exact) mass is 158 g/mol. The first-order valence-electron chi connectivity index (χ1n) is 4.43. The lowest BCUT2D eigenvalue weighted by Crippen LogP contribution is -2.27. The summed E-state index contributed by atoms with van der Waals surface area (Å²) in [6.45, 7) is 3.82. The Balaban J connectivity index is 2.01. The Kier molecular flexibility index (Phi) is 3.83. The highest BCUT2D eigenvalue weighted by atomic mass is 16.3. The lowest BCUT2D eigenvalue weighted by molar-refractivity contribution is 0.154. The van der Waals surface area contributed by atoms with Crippen LogP contribution in [0.15, 0.2) is 0 Å². The Bertz CT molecular complexity index is 102. The van der Waals surface area contributed by atoms with E-state index in [-0.39, 0.29) is 6.10 Å². The molecule has 0 saturated carbocycles. The van der Waals surface area contributed by atoms with Gasteiger partial charge >= 0.3 is 0 Å². The number of aliphatic hydroxyl groups excluding tert-OH is 1. The standard InChI is InChI=1S/C8H18N2O/c9-7-8(11)3-6-10-4-1-2-5-10/h8,11H,1-7,9H2/t8-/m0/s1. The van der Waals surface area contributed by atoms with Crippen LogP contribution in [0.5, 0.6) is 0 Å². The van der Waals surface area contributed by atoms with Gasteiger partial charge in [0.05, 0.1) is 6.10 Å². The fraction of sp³-hybridized carbons (Fsp3) is 1.00. The summed E-state index contributed by atoms with van der Waals surface area (Å²) >= 11 is 0. The molecule has 0 spiro atoms. The molecule has 3 heteroatoms. The lowest BCUT2D eigenvalue weighted by atomic mass is 10.2. The normalized spacial score (nSPS) is 22.4. The summed E-state index contributed by atoms with van der Waals surface area (Å²) in [4.78, 5) is 2.39. The van der Waals surface area contributed by atoms with Crippen LogP contribution in [0.3, 0.4) is 0 Å². The van der Waals surface area contributed by atoms with Crippen molar-refractivity contribution in [2.75, 3.05) is 26.2 Å². The smallest absolute Gasteiger partial charge is 0.0674 e. The van der Waals surface area contributed by atoms with Crippen LogP contribution >= 0.6 is 0 Å². The van der Waals surface area contributed by atoms with Crippen molar-refractivity contribution >= 4 is 0 Å². The zero-order valence-corrected chi connectivity index (χ0v) is 7.00. The molecule has 1 fully saturated rings. The summed E-state index contributed by atoms with van der Waals surface area (Å²) in [7, 11) is 0. The molecule has 0 aromatic heterocycles. The molecule has 0 radical (unpaired) electrons. The molecule has 0 unspecified atom stereocenters. The molecule has 0 bridgehead atoms. The summed E-state index contributed by atoms with van der Waals surface area (Å²) in [6.07, 6.45) is 3.17. The van der Waals surface area contributed by atoms with Crippen LogP contribution in [0, 0.1) is 0 Å². The van der Waals surface area contributed by atoms with E-state index in [4.69, 9.17) is 10.8 Å². The van der Waals surface area contributed by atoms with E-state index < -0.39 is 0 Å². The van der Waals surface area contributed by atoms with Crippen molar-refractivity contribution in [2.45, 2.75) is 25.4 Å². The van der Waals surface area contributed by atoms with E-state index in [1.807, 2.05) is 0 Å². The third-order valence-corrected chi connectivity index (χ3v) is 2.25. The van der Waals surface area contributed by atoms with E-state index in [0.29, 0.717) is 6.54 Å². The van der Waals surface area contributed by atoms with E-state index in [1.54, 1.807) is 0 Å². The third kappa shape index (κ3) is 3.18. The van der Waals surface area contributed by atoms with Crippen molar-refractivity contribution in [1.29, 1.82) is 0 Å². The van der Waals surface area contributed by atoms with Crippen LogP contribution in [-0.4, -0.2) is 42.3 Å². The van der Waals surface area contributed by atoms with Crippen LogP contribution in [0.4, 0.5) is 0 Å². The number of rotatable bonds is 4. The van der Waals surface area contributed by atoms with Gasteiger partial charge in [-0.3, -0.25) is 0 Å². The summed E-state index contributed by atoms with van der Waals surface area (Å²) in [6, 6.07) is 0. The molecule has 0 amide bonds. The minimum atomic E-state index is -0.296. The van der Waals surface area contributed by atoms with E-state index in [1.165, 1.54) is 25.9 Å². The minimum absolute atomic E-state index is 0.296. The quantitative estimate of drug-likeness (QED) is 0.595. The molecule has 1 rings (SSSR count). The molecule has 1 aliphatic heterocycles. The van der Waals surface area contributed by atoms with Crippen molar-refractivity contribution in [3.63, 3.8) is 0 Å². The number of aliphatic hydroxyl groups is 1. The predicted molar refractivity (Wildman–Crippen MR) is 45.4 cm³/mol. The molecule has 0 aromatic carbocycles. The molecule has 1 heterocycles. The van der Waals surface area contributed by atoms with Gasteiger partial charge < -0.3 is 15.7 Å². The van der Waals surface area contributed by atoms with Gasteiger partial charge in [-0.25, -0.2) is 0 Å². The topological polar surface area (TPSA) is 49.5 Å². The Morgan fingerprint density at radius 1 is 1.36 bits per heavy atom. The number of hydrogen-bond donors (Lipinski definition) is 2. The Morgan fingerprint density at radius 3 is 2.55 bits per heavy atom. The molecule has 1 atom stereocenters. The molecule has 1 saturated heterocycles. The second-order valence-corrected chi connectivity index (χ2v) is 3.23. The van der Waals surface area contributed by atoms with E-state index in [9.17, 15) is 0 Å². The van der Waals surface area contributed by atoms with Crippen LogP contribution in [0.2, 0.25) is 0 Å². The maximum Gasteiger partial charge on any atom is 0.0674 e. The van der Waals surface area contributed by atoms with Gasteiger partial charge in [0.25, 0.3) is 0 Å². The van der Waals surface area contributed by atoms with Gasteiger partial charge in [0.2, 0.25) is 0 Å². The average molecular weight is 158 g/mol. The largest absolute Gasteiger partial charge is 0.392 e. The molecule has 0 aromatic rings. The maximum atomic E-state index is 9.17. The Hall–Kier alpha value is -0.120. The number of likely N-dealkylation sites (tertiary alicyclic amines) is 1. The average Bonchev–Trinajstić information content (AvgIpc) is 2.52. The van der Waals surface area contributed by atoms with Gasteiger partial charge in [0.1, 0.15) is 0 Å². The minimum Gasteiger partial charge on any atom is -0.392 e. The molecule has 0 aliphatic carbocycles. The van der Waals surface area contributed by atoms with Gasteiger partial charge in [-0.15, -0.1) is 0 Å². The Labute approximate surface area is 68.2 Å². The van der Waals surface area contributed by atoms with Crippen molar-refractivity contribution in [3.8, 4) is 0 Å². The van der Waals surface area contributed by atoms with E-state index in [0.717, 1.165) is 13.0 Å².